The lowest BCUT2D eigenvalue weighted by Gasteiger charge is -2.22. The van der Waals surface area contributed by atoms with Crippen molar-refractivity contribution in [1.29, 1.82) is 0 Å². The average molecular weight is 961 g/mol. The first kappa shape index (κ1) is 66.6. The van der Waals surface area contributed by atoms with Gasteiger partial charge in [0.1, 0.15) is 0 Å². The molecule has 2 unspecified atom stereocenters. The molecule has 0 saturated carbocycles. The van der Waals surface area contributed by atoms with Crippen LogP contribution in [0.25, 0.3) is 0 Å². The molecule has 404 valence electrons. The second-order valence-electron chi connectivity index (χ2n) is 21.4. The minimum absolute atomic E-state index is 0.00210. The number of esters is 1. The molecule has 6 nitrogen and oxygen atoms in total. The van der Waals surface area contributed by atoms with E-state index in [0.717, 1.165) is 64.2 Å². The quantitative estimate of drug-likeness (QED) is 0.0321. The van der Waals surface area contributed by atoms with Gasteiger partial charge in [-0.05, 0) is 51.4 Å². The van der Waals surface area contributed by atoms with Crippen molar-refractivity contribution in [3.8, 4) is 0 Å². The molecule has 0 aromatic carbocycles. The number of hydrogen-bond acceptors (Lipinski definition) is 5. The first-order valence-corrected chi connectivity index (χ1v) is 30.9. The van der Waals surface area contributed by atoms with Crippen LogP contribution in [0, 0.1) is 0 Å². The number of aliphatic hydroxyl groups is 2. The molecule has 0 bridgehead atoms. The van der Waals surface area contributed by atoms with Gasteiger partial charge in [-0.3, -0.25) is 9.59 Å². The Kier molecular flexibility index (Phi) is 57.0. The van der Waals surface area contributed by atoms with E-state index in [9.17, 15) is 19.8 Å². The maximum atomic E-state index is 12.5. The molecule has 0 aromatic heterocycles. The van der Waals surface area contributed by atoms with E-state index in [2.05, 4.69) is 31.3 Å². The van der Waals surface area contributed by atoms with E-state index in [0.29, 0.717) is 25.9 Å². The number of hydrogen-bond donors (Lipinski definition) is 3. The molecule has 1 amide bonds. The maximum Gasteiger partial charge on any atom is 0.305 e. The second-order valence-corrected chi connectivity index (χ2v) is 21.4. The maximum absolute atomic E-state index is 12.5. The zero-order chi connectivity index (χ0) is 49.3. The minimum Gasteiger partial charge on any atom is -0.466 e. The number of allylic oxidation sites excluding steroid dienone is 2. The first-order chi connectivity index (χ1) is 33.5. The Bertz CT molecular complexity index is 1020. The Morgan fingerprint density at radius 3 is 1.04 bits per heavy atom. The number of rotatable bonds is 58. The molecule has 0 heterocycles. The van der Waals surface area contributed by atoms with Crippen molar-refractivity contribution in [3.63, 3.8) is 0 Å². The third-order valence-electron chi connectivity index (χ3n) is 14.6. The highest BCUT2D eigenvalue weighted by molar-refractivity contribution is 5.76. The molecule has 0 rings (SSSR count). The van der Waals surface area contributed by atoms with Crippen molar-refractivity contribution < 1.29 is 24.5 Å². The van der Waals surface area contributed by atoms with E-state index in [1.807, 2.05) is 0 Å². The molecule has 0 aromatic rings. The molecule has 0 fully saturated rings. The number of amides is 1. The predicted octanol–water partition coefficient (Wildman–Crippen LogP) is 19.2. The fourth-order valence-corrected chi connectivity index (χ4v) is 9.81. The predicted molar refractivity (Wildman–Crippen MR) is 297 cm³/mol. The molecule has 0 aliphatic heterocycles. The summed E-state index contributed by atoms with van der Waals surface area (Å²) in [7, 11) is 0. The number of carbonyl (C=O) groups excluding carboxylic acids is 2. The molecule has 0 radical (unpaired) electrons. The summed E-state index contributed by atoms with van der Waals surface area (Å²) >= 11 is 0. The van der Waals surface area contributed by atoms with Gasteiger partial charge in [0, 0.05) is 12.8 Å². The van der Waals surface area contributed by atoms with Gasteiger partial charge in [-0.25, -0.2) is 0 Å². The zero-order valence-electron chi connectivity index (χ0n) is 46.1. The minimum atomic E-state index is -0.675. The van der Waals surface area contributed by atoms with Crippen LogP contribution in [0.3, 0.4) is 0 Å². The number of ether oxygens (including phenoxy) is 1. The van der Waals surface area contributed by atoms with Gasteiger partial charge in [-0.2, -0.15) is 0 Å². The SMILES string of the molecule is CCCCCCCCCCCCCCCCCCCCCCCCCCC(O)C(CO)NC(=O)CCCCCCC/C=C\CCCCCCCCCOC(=O)CCCCCCCCCCCCC. The van der Waals surface area contributed by atoms with Crippen molar-refractivity contribution in [2.45, 2.75) is 360 Å². The van der Waals surface area contributed by atoms with E-state index in [-0.39, 0.29) is 18.5 Å². The lowest BCUT2D eigenvalue weighted by Crippen LogP contribution is -2.45. The standard InChI is InChI=1S/C62H121NO5/c1-3-5-7-9-11-13-15-16-17-18-19-20-21-22-23-24-25-28-31-35-38-42-46-50-54-60(65)59(58-64)63-61(66)55-51-47-43-39-36-32-29-26-27-30-33-37-41-45-49-53-57-68-62(67)56-52-48-44-40-34-14-12-10-8-6-4-2/h26,29,59-60,64-65H,3-25,27-28,30-58H2,1-2H3,(H,63,66)/b29-26-. The lowest BCUT2D eigenvalue weighted by molar-refractivity contribution is -0.143. The van der Waals surface area contributed by atoms with Crippen LogP contribution < -0.4 is 5.32 Å². The van der Waals surface area contributed by atoms with Gasteiger partial charge in [0.15, 0.2) is 0 Å². The zero-order valence-corrected chi connectivity index (χ0v) is 46.1. The summed E-state index contributed by atoms with van der Waals surface area (Å²) in [5, 5.41) is 23.4. The van der Waals surface area contributed by atoms with Crippen molar-refractivity contribution in [2.24, 2.45) is 0 Å². The van der Waals surface area contributed by atoms with Crippen LogP contribution in [-0.4, -0.2) is 47.4 Å². The van der Waals surface area contributed by atoms with Crippen LogP contribution in [0.2, 0.25) is 0 Å². The van der Waals surface area contributed by atoms with Crippen LogP contribution in [0.5, 0.6) is 0 Å². The van der Waals surface area contributed by atoms with Gasteiger partial charge in [-0.1, -0.05) is 296 Å². The van der Waals surface area contributed by atoms with E-state index in [1.54, 1.807) is 0 Å². The third-order valence-corrected chi connectivity index (χ3v) is 14.6. The van der Waals surface area contributed by atoms with E-state index in [1.165, 1.54) is 250 Å². The van der Waals surface area contributed by atoms with Crippen LogP contribution in [0.15, 0.2) is 12.2 Å². The van der Waals surface area contributed by atoms with Gasteiger partial charge in [0.2, 0.25) is 5.91 Å². The fraction of sp³-hybridized carbons (Fsp3) is 0.935. The molecule has 3 N–H and O–H groups in total. The molecule has 0 aliphatic carbocycles. The number of nitrogens with one attached hydrogen (secondary N) is 1. The number of unbranched alkanes of at least 4 members (excludes halogenated alkanes) is 45. The molecule has 0 saturated heterocycles. The van der Waals surface area contributed by atoms with E-state index < -0.39 is 12.1 Å². The lowest BCUT2D eigenvalue weighted by atomic mass is 10.0. The first-order valence-electron chi connectivity index (χ1n) is 30.9. The summed E-state index contributed by atoms with van der Waals surface area (Å²) in [5.74, 6) is -0.0500. The van der Waals surface area contributed by atoms with Gasteiger partial charge >= 0.3 is 5.97 Å². The Hall–Kier alpha value is -1.40. The van der Waals surface area contributed by atoms with Crippen molar-refractivity contribution in [3.05, 3.63) is 12.2 Å². The van der Waals surface area contributed by atoms with Crippen LogP contribution in [0.4, 0.5) is 0 Å². The summed E-state index contributed by atoms with van der Waals surface area (Å²) in [6.07, 6.45) is 69.3. The summed E-state index contributed by atoms with van der Waals surface area (Å²) in [6, 6.07) is -0.554. The van der Waals surface area contributed by atoms with E-state index >= 15 is 0 Å². The molecule has 0 spiro atoms. The van der Waals surface area contributed by atoms with Gasteiger partial charge < -0.3 is 20.3 Å². The number of aliphatic hydroxyl groups excluding tert-OH is 2. The van der Waals surface area contributed by atoms with Crippen molar-refractivity contribution >= 4 is 11.9 Å². The summed E-state index contributed by atoms with van der Waals surface area (Å²) in [4.78, 5) is 24.5. The summed E-state index contributed by atoms with van der Waals surface area (Å²) in [5.41, 5.74) is 0. The Balaban J connectivity index is 3.45. The summed E-state index contributed by atoms with van der Waals surface area (Å²) in [6.45, 7) is 4.95. The topological polar surface area (TPSA) is 95.9 Å². The van der Waals surface area contributed by atoms with Gasteiger partial charge in [-0.15, -0.1) is 0 Å². The third kappa shape index (κ3) is 53.9. The largest absolute Gasteiger partial charge is 0.466 e. The Morgan fingerprint density at radius 1 is 0.397 bits per heavy atom. The average Bonchev–Trinajstić information content (AvgIpc) is 3.34. The molecule has 6 heteroatoms. The van der Waals surface area contributed by atoms with Crippen molar-refractivity contribution in [1.82, 2.24) is 5.32 Å². The second kappa shape index (κ2) is 58.2. The smallest absolute Gasteiger partial charge is 0.305 e. The Morgan fingerprint density at radius 2 is 0.691 bits per heavy atom. The van der Waals surface area contributed by atoms with Crippen LogP contribution >= 0.6 is 0 Å². The fourth-order valence-electron chi connectivity index (χ4n) is 9.81. The Labute approximate surface area is 425 Å². The molecular weight excluding hydrogens is 839 g/mol. The highest BCUT2D eigenvalue weighted by Crippen LogP contribution is 2.18. The monoisotopic (exact) mass is 960 g/mol. The molecular formula is C62H121NO5. The molecule has 2 atom stereocenters. The van der Waals surface area contributed by atoms with Crippen LogP contribution in [0.1, 0.15) is 348 Å². The molecule has 68 heavy (non-hydrogen) atoms. The van der Waals surface area contributed by atoms with Crippen LogP contribution in [-0.2, 0) is 14.3 Å². The normalized spacial score (nSPS) is 12.6. The highest BCUT2D eigenvalue weighted by atomic mass is 16.5. The highest BCUT2D eigenvalue weighted by Gasteiger charge is 2.20. The van der Waals surface area contributed by atoms with Gasteiger partial charge in [0.05, 0.1) is 25.4 Å². The summed E-state index contributed by atoms with van der Waals surface area (Å²) < 4.78 is 5.45. The van der Waals surface area contributed by atoms with E-state index in [4.69, 9.17) is 4.74 Å². The molecule has 0 aliphatic rings. The van der Waals surface area contributed by atoms with Crippen molar-refractivity contribution in [2.75, 3.05) is 13.2 Å². The number of carbonyl (C=O) groups is 2. The van der Waals surface area contributed by atoms with Gasteiger partial charge in [0.25, 0.3) is 0 Å².